The maximum atomic E-state index is 13.8. The van der Waals surface area contributed by atoms with Crippen molar-refractivity contribution in [2.45, 2.75) is 64.2 Å². The van der Waals surface area contributed by atoms with E-state index in [1.165, 1.54) is 24.0 Å². The van der Waals surface area contributed by atoms with Crippen molar-refractivity contribution in [1.29, 1.82) is 0 Å². The van der Waals surface area contributed by atoms with E-state index in [2.05, 4.69) is 41.4 Å². The Morgan fingerprint density at radius 2 is 1.60 bits per heavy atom. The lowest BCUT2D eigenvalue weighted by Gasteiger charge is -2.29. The SMILES string of the molecule is Cc1ccc(CN(C2CC2)C2CC(C(=O)N3CCCNCC3)N(C(=O)c3ccc(C)cc3)C2)cc1. The molecule has 3 fully saturated rings. The quantitative estimate of drug-likeness (QED) is 0.698. The Bertz CT molecular complexity index is 1020. The van der Waals surface area contributed by atoms with E-state index in [-0.39, 0.29) is 17.9 Å². The lowest BCUT2D eigenvalue weighted by atomic mass is 10.1. The van der Waals surface area contributed by atoms with E-state index in [1.807, 2.05) is 41.0 Å². The Labute approximate surface area is 209 Å². The van der Waals surface area contributed by atoms with Crippen LogP contribution in [-0.4, -0.2) is 77.4 Å². The highest BCUT2D eigenvalue weighted by Crippen LogP contribution is 2.35. The summed E-state index contributed by atoms with van der Waals surface area (Å²) in [5.41, 5.74) is 4.36. The summed E-state index contributed by atoms with van der Waals surface area (Å²) in [6.07, 6.45) is 4.06. The van der Waals surface area contributed by atoms with Crippen molar-refractivity contribution in [3.8, 4) is 0 Å². The van der Waals surface area contributed by atoms with Gasteiger partial charge in [-0.05, 0) is 63.8 Å². The van der Waals surface area contributed by atoms with Gasteiger partial charge in [0.05, 0.1) is 0 Å². The summed E-state index contributed by atoms with van der Waals surface area (Å²) in [4.78, 5) is 33.9. The smallest absolute Gasteiger partial charge is 0.254 e. The number of nitrogens with zero attached hydrogens (tertiary/aromatic N) is 3. The van der Waals surface area contributed by atoms with Crippen molar-refractivity contribution >= 4 is 11.8 Å². The van der Waals surface area contributed by atoms with Gasteiger partial charge in [0.25, 0.3) is 5.91 Å². The normalized spacial score (nSPS) is 22.9. The average molecular weight is 475 g/mol. The number of hydrogen-bond acceptors (Lipinski definition) is 4. The summed E-state index contributed by atoms with van der Waals surface area (Å²) in [7, 11) is 0. The lowest BCUT2D eigenvalue weighted by Crippen LogP contribution is -2.48. The fourth-order valence-electron chi connectivity index (χ4n) is 5.52. The second-order valence-electron chi connectivity index (χ2n) is 10.5. The minimum Gasteiger partial charge on any atom is -0.340 e. The molecule has 3 aliphatic rings. The van der Waals surface area contributed by atoms with E-state index in [1.54, 1.807) is 0 Å². The van der Waals surface area contributed by atoms with E-state index in [4.69, 9.17) is 0 Å². The van der Waals surface area contributed by atoms with E-state index < -0.39 is 6.04 Å². The number of amides is 2. The van der Waals surface area contributed by atoms with Gasteiger partial charge in [0.1, 0.15) is 6.04 Å². The predicted octanol–water partition coefficient (Wildman–Crippen LogP) is 3.37. The van der Waals surface area contributed by atoms with Gasteiger partial charge < -0.3 is 15.1 Å². The van der Waals surface area contributed by atoms with E-state index in [0.717, 1.165) is 38.2 Å². The van der Waals surface area contributed by atoms with Crippen LogP contribution >= 0.6 is 0 Å². The average Bonchev–Trinajstić information content (AvgIpc) is 3.66. The highest BCUT2D eigenvalue weighted by molar-refractivity contribution is 5.98. The molecule has 1 saturated carbocycles. The molecule has 2 heterocycles. The van der Waals surface area contributed by atoms with Gasteiger partial charge in [-0.25, -0.2) is 0 Å². The Balaban J connectivity index is 1.40. The number of nitrogens with one attached hydrogen (secondary N) is 1. The van der Waals surface area contributed by atoms with Crippen LogP contribution < -0.4 is 5.32 Å². The molecule has 0 radical (unpaired) electrons. The molecular weight excluding hydrogens is 436 g/mol. The first kappa shape index (κ1) is 24.0. The fraction of sp³-hybridized carbons (Fsp3) is 0.517. The number of rotatable bonds is 6. The molecule has 2 atom stereocenters. The van der Waals surface area contributed by atoms with Gasteiger partial charge in [-0.1, -0.05) is 47.5 Å². The van der Waals surface area contributed by atoms with Gasteiger partial charge in [0.2, 0.25) is 5.91 Å². The summed E-state index contributed by atoms with van der Waals surface area (Å²) in [6, 6.07) is 16.9. The van der Waals surface area contributed by atoms with E-state index >= 15 is 0 Å². The Morgan fingerprint density at radius 3 is 2.29 bits per heavy atom. The summed E-state index contributed by atoms with van der Waals surface area (Å²) < 4.78 is 0. The molecule has 2 aromatic carbocycles. The minimum absolute atomic E-state index is 0.0233. The third-order valence-electron chi connectivity index (χ3n) is 7.75. The van der Waals surface area contributed by atoms with Crippen molar-refractivity contribution in [1.82, 2.24) is 20.0 Å². The molecule has 2 aliphatic heterocycles. The number of carbonyl (C=O) groups excluding carboxylic acids is 2. The third kappa shape index (κ3) is 5.60. The van der Waals surface area contributed by atoms with Crippen molar-refractivity contribution in [2.75, 3.05) is 32.7 Å². The zero-order valence-corrected chi connectivity index (χ0v) is 21.1. The van der Waals surface area contributed by atoms with Crippen LogP contribution in [0, 0.1) is 13.8 Å². The number of likely N-dealkylation sites (tertiary alicyclic amines) is 1. The second kappa shape index (κ2) is 10.5. The van der Waals surface area contributed by atoms with Crippen LogP contribution in [0.25, 0.3) is 0 Å². The summed E-state index contributed by atoms with van der Waals surface area (Å²) in [5, 5.41) is 3.39. The molecular formula is C29H38N4O2. The summed E-state index contributed by atoms with van der Waals surface area (Å²) in [5.74, 6) is 0.0904. The van der Waals surface area contributed by atoms with Gasteiger partial charge in [-0.3, -0.25) is 14.5 Å². The Hall–Kier alpha value is -2.70. The molecule has 0 bridgehead atoms. The summed E-state index contributed by atoms with van der Waals surface area (Å²) in [6.45, 7) is 8.84. The molecule has 0 spiro atoms. The van der Waals surface area contributed by atoms with Gasteiger partial charge in [0, 0.05) is 50.4 Å². The zero-order valence-electron chi connectivity index (χ0n) is 21.1. The fourth-order valence-corrected chi connectivity index (χ4v) is 5.52. The van der Waals surface area contributed by atoms with Crippen LogP contribution in [0.4, 0.5) is 0 Å². The van der Waals surface area contributed by atoms with Gasteiger partial charge in [-0.2, -0.15) is 0 Å². The standard InChI is InChI=1S/C29H38N4O2/c1-21-4-8-23(9-5-21)19-32(25-12-13-25)26-18-27(29(35)31-16-3-14-30-15-17-31)33(20-26)28(34)24-10-6-22(2)7-11-24/h4-11,25-27,30H,3,12-20H2,1-2H3. The molecule has 5 rings (SSSR count). The van der Waals surface area contributed by atoms with Crippen LogP contribution in [0.1, 0.15) is 52.7 Å². The largest absolute Gasteiger partial charge is 0.340 e. The molecule has 2 aromatic rings. The van der Waals surface area contributed by atoms with Crippen LogP contribution in [0.5, 0.6) is 0 Å². The molecule has 186 valence electrons. The van der Waals surface area contributed by atoms with Crippen molar-refractivity contribution in [3.63, 3.8) is 0 Å². The van der Waals surface area contributed by atoms with E-state index in [0.29, 0.717) is 31.1 Å². The molecule has 35 heavy (non-hydrogen) atoms. The third-order valence-corrected chi connectivity index (χ3v) is 7.75. The maximum Gasteiger partial charge on any atom is 0.254 e. The van der Waals surface area contributed by atoms with E-state index in [9.17, 15) is 9.59 Å². The maximum absolute atomic E-state index is 13.8. The molecule has 2 unspecified atom stereocenters. The van der Waals surface area contributed by atoms with Crippen molar-refractivity contribution in [2.24, 2.45) is 0 Å². The first-order valence-electron chi connectivity index (χ1n) is 13.2. The van der Waals surface area contributed by atoms with Gasteiger partial charge in [0.15, 0.2) is 0 Å². The Kier molecular flexibility index (Phi) is 7.21. The molecule has 1 N–H and O–H groups in total. The predicted molar refractivity (Wildman–Crippen MR) is 138 cm³/mol. The lowest BCUT2D eigenvalue weighted by molar-refractivity contribution is -0.135. The molecule has 0 aromatic heterocycles. The second-order valence-corrected chi connectivity index (χ2v) is 10.5. The number of benzene rings is 2. The monoisotopic (exact) mass is 474 g/mol. The molecule has 6 nitrogen and oxygen atoms in total. The number of carbonyl (C=O) groups is 2. The summed E-state index contributed by atoms with van der Waals surface area (Å²) >= 11 is 0. The van der Waals surface area contributed by atoms with Crippen molar-refractivity contribution < 1.29 is 9.59 Å². The van der Waals surface area contributed by atoms with Gasteiger partial charge >= 0.3 is 0 Å². The first-order chi connectivity index (χ1) is 17.0. The van der Waals surface area contributed by atoms with Gasteiger partial charge in [-0.15, -0.1) is 0 Å². The first-order valence-corrected chi connectivity index (χ1v) is 13.2. The van der Waals surface area contributed by atoms with Crippen molar-refractivity contribution in [3.05, 3.63) is 70.8 Å². The van der Waals surface area contributed by atoms with Crippen LogP contribution in [-0.2, 0) is 11.3 Å². The van der Waals surface area contributed by atoms with Crippen LogP contribution in [0.15, 0.2) is 48.5 Å². The molecule has 6 heteroatoms. The number of aryl methyl sites for hydroxylation is 2. The highest BCUT2D eigenvalue weighted by Gasteiger charge is 2.46. The zero-order chi connectivity index (χ0) is 24.4. The molecule has 1 aliphatic carbocycles. The topological polar surface area (TPSA) is 55.9 Å². The molecule has 2 saturated heterocycles. The number of hydrogen-bond donors (Lipinski definition) is 1. The molecule has 2 amide bonds. The highest BCUT2D eigenvalue weighted by atomic mass is 16.2. The van der Waals surface area contributed by atoms with Crippen LogP contribution in [0.3, 0.4) is 0 Å². The Morgan fingerprint density at radius 1 is 0.914 bits per heavy atom. The van der Waals surface area contributed by atoms with Crippen LogP contribution in [0.2, 0.25) is 0 Å². The minimum atomic E-state index is -0.397.